The Morgan fingerprint density at radius 2 is 1.90 bits per heavy atom. The molecule has 1 atom stereocenters. The molecule has 0 heterocycles. The largest absolute Gasteiger partial charge is 0.452 e. The highest BCUT2D eigenvalue weighted by Crippen LogP contribution is 2.32. The quantitative estimate of drug-likeness (QED) is 0.841. The third kappa shape index (κ3) is 4.01. The summed E-state index contributed by atoms with van der Waals surface area (Å²) in [6.07, 6.45) is 2.17. The van der Waals surface area contributed by atoms with E-state index in [1.54, 1.807) is 0 Å². The fourth-order valence-electron chi connectivity index (χ4n) is 1.90. The highest BCUT2D eigenvalue weighted by Gasteiger charge is 2.29. The van der Waals surface area contributed by atoms with E-state index in [-0.39, 0.29) is 11.6 Å². The minimum Gasteiger partial charge on any atom is -0.452 e. The van der Waals surface area contributed by atoms with Gasteiger partial charge in [-0.05, 0) is 37.8 Å². The van der Waals surface area contributed by atoms with Gasteiger partial charge in [0.05, 0.1) is 5.56 Å². The lowest BCUT2D eigenvalue weighted by molar-refractivity contribution is -0.124. The molecule has 0 bridgehead atoms. The highest BCUT2D eigenvalue weighted by molar-refractivity contribution is 5.91. The molecule has 20 heavy (non-hydrogen) atoms. The number of benzene rings is 1. The monoisotopic (exact) mass is 283 g/mol. The molecule has 1 N–H and O–H groups in total. The highest BCUT2D eigenvalue weighted by atomic mass is 19.1. The average molecular weight is 283 g/mol. The Balaban J connectivity index is 1.83. The van der Waals surface area contributed by atoms with Gasteiger partial charge >= 0.3 is 5.97 Å². The lowest BCUT2D eigenvalue weighted by Crippen LogP contribution is -2.37. The first kappa shape index (κ1) is 14.4. The first-order chi connectivity index (χ1) is 9.45. The maximum atomic E-state index is 12.9. The maximum Gasteiger partial charge on any atom is 0.338 e. The summed E-state index contributed by atoms with van der Waals surface area (Å²) in [6.45, 7) is 1.42. The molecule has 0 saturated heterocycles. The number of ether oxygens (including phenoxy) is 1. The van der Waals surface area contributed by atoms with E-state index >= 15 is 0 Å². The van der Waals surface area contributed by atoms with Crippen molar-refractivity contribution < 1.29 is 23.1 Å². The lowest BCUT2D eigenvalue weighted by atomic mass is 10.2. The Hall–Kier alpha value is -1.98. The van der Waals surface area contributed by atoms with Crippen LogP contribution in [0.5, 0.6) is 0 Å². The molecule has 1 saturated carbocycles. The maximum absolute atomic E-state index is 12.9. The number of carbonyl (C=O) groups is 2. The van der Waals surface area contributed by atoms with Crippen LogP contribution in [0.3, 0.4) is 0 Å². The Morgan fingerprint density at radius 1 is 1.30 bits per heavy atom. The van der Waals surface area contributed by atoms with Crippen LogP contribution in [0.15, 0.2) is 18.2 Å². The smallest absolute Gasteiger partial charge is 0.338 e. The van der Waals surface area contributed by atoms with Gasteiger partial charge in [-0.2, -0.15) is 0 Å². The molecule has 1 aromatic rings. The molecule has 2 rings (SSSR count). The summed E-state index contributed by atoms with van der Waals surface area (Å²) in [5.41, 5.74) is -0.259. The van der Waals surface area contributed by atoms with E-state index in [1.807, 2.05) is 6.92 Å². The van der Waals surface area contributed by atoms with Crippen LogP contribution in [0.1, 0.15) is 30.1 Å². The van der Waals surface area contributed by atoms with Crippen LogP contribution in [0.25, 0.3) is 0 Å². The van der Waals surface area contributed by atoms with E-state index in [0.29, 0.717) is 12.0 Å². The van der Waals surface area contributed by atoms with Crippen molar-refractivity contribution in [2.75, 3.05) is 6.61 Å². The molecule has 1 amide bonds. The van der Waals surface area contributed by atoms with E-state index in [9.17, 15) is 18.4 Å². The van der Waals surface area contributed by atoms with Crippen LogP contribution in [0.4, 0.5) is 8.78 Å². The normalized spacial score (nSPS) is 15.6. The summed E-state index contributed by atoms with van der Waals surface area (Å²) < 4.78 is 30.6. The third-order valence-electron chi connectivity index (χ3n) is 3.15. The second-order valence-corrected chi connectivity index (χ2v) is 4.93. The van der Waals surface area contributed by atoms with Gasteiger partial charge in [0, 0.05) is 12.1 Å². The molecule has 1 fully saturated rings. The summed E-state index contributed by atoms with van der Waals surface area (Å²) in [4.78, 5) is 23.1. The van der Waals surface area contributed by atoms with Crippen molar-refractivity contribution in [1.29, 1.82) is 0 Å². The number of nitrogens with one attached hydrogen (secondary N) is 1. The number of carbonyl (C=O) groups excluding carboxylic acids is 2. The van der Waals surface area contributed by atoms with Crippen LogP contribution in [-0.4, -0.2) is 24.5 Å². The van der Waals surface area contributed by atoms with Crippen molar-refractivity contribution in [3.63, 3.8) is 0 Å². The van der Waals surface area contributed by atoms with E-state index < -0.39 is 30.1 Å². The minimum absolute atomic E-state index is 0.0489. The molecule has 1 aliphatic carbocycles. The Kier molecular flexibility index (Phi) is 4.32. The number of hydrogen-bond acceptors (Lipinski definition) is 3. The zero-order valence-corrected chi connectivity index (χ0v) is 11.0. The van der Waals surface area contributed by atoms with Gasteiger partial charge in [-0.1, -0.05) is 0 Å². The summed E-state index contributed by atoms with van der Waals surface area (Å²) in [5.74, 6) is -2.60. The molecular formula is C14H15F2NO3. The van der Waals surface area contributed by atoms with Crippen molar-refractivity contribution in [3.8, 4) is 0 Å². The van der Waals surface area contributed by atoms with Crippen molar-refractivity contribution in [2.24, 2.45) is 5.92 Å². The summed E-state index contributed by atoms with van der Waals surface area (Å²) in [7, 11) is 0. The second-order valence-electron chi connectivity index (χ2n) is 4.93. The zero-order valence-electron chi connectivity index (χ0n) is 11.0. The Bertz CT molecular complexity index is 509. The van der Waals surface area contributed by atoms with Crippen LogP contribution in [0, 0.1) is 17.6 Å². The van der Waals surface area contributed by atoms with Crippen molar-refractivity contribution in [1.82, 2.24) is 5.32 Å². The predicted molar refractivity (Wildman–Crippen MR) is 67.0 cm³/mol. The van der Waals surface area contributed by atoms with Gasteiger partial charge in [0.25, 0.3) is 5.91 Å². The summed E-state index contributed by atoms with van der Waals surface area (Å²) >= 11 is 0. The Morgan fingerprint density at radius 3 is 2.45 bits per heavy atom. The van der Waals surface area contributed by atoms with E-state index in [2.05, 4.69) is 5.32 Å². The molecule has 0 aliphatic heterocycles. The first-order valence-electron chi connectivity index (χ1n) is 6.38. The molecule has 0 unspecified atom stereocenters. The van der Waals surface area contributed by atoms with E-state index in [4.69, 9.17) is 4.74 Å². The number of esters is 1. The minimum atomic E-state index is -0.933. The predicted octanol–water partition coefficient (Wildman–Crippen LogP) is 2.04. The van der Waals surface area contributed by atoms with E-state index in [1.165, 1.54) is 0 Å². The molecule has 0 aromatic heterocycles. The SMILES string of the molecule is C[C@@H](NC(=O)COC(=O)c1cc(F)cc(F)c1)C1CC1. The standard InChI is InChI=1S/C14H15F2NO3/c1-8(9-2-3-9)17-13(18)7-20-14(19)10-4-11(15)6-12(16)5-10/h4-6,8-9H,2-3,7H2,1H3,(H,17,18)/t8-/m1/s1. The zero-order chi connectivity index (χ0) is 14.7. The first-order valence-corrected chi connectivity index (χ1v) is 6.38. The second kappa shape index (κ2) is 5.98. The van der Waals surface area contributed by atoms with Crippen LogP contribution >= 0.6 is 0 Å². The number of halogens is 2. The molecular weight excluding hydrogens is 268 g/mol. The van der Waals surface area contributed by atoms with Crippen molar-refractivity contribution >= 4 is 11.9 Å². The Labute approximate surface area is 115 Å². The number of hydrogen-bond donors (Lipinski definition) is 1. The van der Waals surface area contributed by atoms with Crippen molar-refractivity contribution in [2.45, 2.75) is 25.8 Å². The molecule has 0 radical (unpaired) electrons. The third-order valence-corrected chi connectivity index (χ3v) is 3.15. The van der Waals surface area contributed by atoms with Crippen LogP contribution in [0.2, 0.25) is 0 Å². The topological polar surface area (TPSA) is 55.4 Å². The van der Waals surface area contributed by atoms with Gasteiger partial charge < -0.3 is 10.1 Å². The molecule has 1 aromatic carbocycles. The van der Waals surface area contributed by atoms with Gasteiger partial charge in [0.15, 0.2) is 6.61 Å². The fraction of sp³-hybridized carbons (Fsp3) is 0.429. The molecule has 6 heteroatoms. The number of rotatable bonds is 5. The lowest BCUT2D eigenvalue weighted by Gasteiger charge is -2.12. The van der Waals surface area contributed by atoms with Crippen molar-refractivity contribution in [3.05, 3.63) is 35.4 Å². The average Bonchev–Trinajstić information content (AvgIpc) is 3.18. The van der Waals surface area contributed by atoms with Gasteiger partial charge in [0.2, 0.25) is 0 Å². The van der Waals surface area contributed by atoms with E-state index in [0.717, 1.165) is 25.0 Å². The number of amides is 1. The molecule has 108 valence electrons. The van der Waals surface area contributed by atoms with Gasteiger partial charge in [-0.15, -0.1) is 0 Å². The summed E-state index contributed by atoms with van der Waals surface area (Å²) in [6, 6.07) is 2.42. The molecule has 1 aliphatic rings. The molecule has 4 nitrogen and oxygen atoms in total. The van der Waals surface area contributed by atoms with Gasteiger partial charge in [-0.25, -0.2) is 13.6 Å². The van der Waals surface area contributed by atoms with Crippen LogP contribution in [-0.2, 0) is 9.53 Å². The molecule has 0 spiro atoms. The van der Waals surface area contributed by atoms with Gasteiger partial charge in [-0.3, -0.25) is 4.79 Å². The summed E-state index contributed by atoms with van der Waals surface area (Å²) in [5, 5.41) is 2.71. The van der Waals surface area contributed by atoms with Crippen LogP contribution < -0.4 is 5.32 Å². The van der Waals surface area contributed by atoms with Gasteiger partial charge in [0.1, 0.15) is 11.6 Å². The fourth-order valence-corrected chi connectivity index (χ4v) is 1.90.